The predicted octanol–water partition coefficient (Wildman–Crippen LogP) is 1.72. The van der Waals surface area contributed by atoms with E-state index in [2.05, 4.69) is 9.97 Å². The molecule has 0 atom stereocenters. The lowest BCUT2D eigenvalue weighted by atomic mass is 10.3. The molecular weight excluding hydrogens is 186 g/mol. The number of H-pyrrole nitrogens is 1. The predicted molar refractivity (Wildman–Crippen MR) is 53.9 cm³/mol. The summed E-state index contributed by atoms with van der Waals surface area (Å²) < 4.78 is 0. The lowest BCUT2D eigenvalue weighted by Crippen LogP contribution is -2.02. The standard InChI is InChI=1S/C9H10ClN3/c10-6-3-9-8(12-5-6)4-7(13-9)1-2-11/h3-5,13H,1-2,11H2. The van der Waals surface area contributed by atoms with Crippen LogP contribution in [0.15, 0.2) is 18.3 Å². The Kier molecular flexibility index (Phi) is 2.20. The average molecular weight is 196 g/mol. The lowest BCUT2D eigenvalue weighted by molar-refractivity contribution is 0.940. The molecule has 13 heavy (non-hydrogen) atoms. The maximum atomic E-state index is 5.80. The first-order valence-electron chi connectivity index (χ1n) is 4.13. The molecule has 2 aromatic rings. The van der Waals surface area contributed by atoms with Gasteiger partial charge in [-0.05, 0) is 25.1 Å². The number of halogens is 1. The van der Waals surface area contributed by atoms with Crippen LogP contribution in [0.3, 0.4) is 0 Å². The molecule has 0 unspecified atom stereocenters. The van der Waals surface area contributed by atoms with Gasteiger partial charge in [-0.15, -0.1) is 0 Å². The van der Waals surface area contributed by atoms with E-state index in [1.165, 1.54) is 0 Å². The van der Waals surface area contributed by atoms with Crippen LogP contribution in [0.4, 0.5) is 0 Å². The van der Waals surface area contributed by atoms with Gasteiger partial charge in [-0.25, -0.2) is 0 Å². The first-order chi connectivity index (χ1) is 6.29. The van der Waals surface area contributed by atoms with Crippen molar-refractivity contribution in [2.45, 2.75) is 6.42 Å². The molecular formula is C9H10ClN3. The molecule has 0 radical (unpaired) electrons. The Morgan fingerprint density at radius 1 is 1.46 bits per heavy atom. The summed E-state index contributed by atoms with van der Waals surface area (Å²) >= 11 is 5.80. The number of hydrogen-bond acceptors (Lipinski definition) is 2. The molecule has 3 N–H and O–H groups in total. The fraction of sp³-hybridized carbons (Fsp3) is 0.222. The van der Waals surface area contributed by atoms with Gasteiger partial charge in [-0.2, -0.15) is 0 Å². The Morgan fingerprint density at radius 3 is 3.08 bits per heavy atom. The van der Waals surface area contributed by atoms with Crippen molar-refractivity contribution in [2.75, 3.05) is 6.54 Å². The van der Waals surface area contributed by atoms with E-state index in [1.54, 1.807) is 6.20 Å². The molecule has 0 aliphatic rings. The van der Waals surface area contributed by atoms with Gasteiger partial charge in [0, 0.05) is 11.9 Å². The summed E-state index contributed by atoms with van der Waals surface area (Å²) in [4.78, 5) is 7.39. The highest BCUT2D eigenvalue weighted by molar-refractivity contribution is 6.31. The molecule has 4 heteroatoms. The average Bonchev–Trinajstić information content (AvgIpc) is 2.46. The minimum atomic E-state index is 0.639. The Bertz CT molecular complexity index is 422. The van der Waals surface area contributed by atoms with Crippen LogP contribution in [-0.4, -0.2) is 16.5 Å². The SMILES string of the molecule is NCCc1cc2ncc(Cl)cc2[nH]1. The molecule has 0 aromatic carbocycles. The highest BCUT2D eigenvalue weighted by Gasteiger charge is 2.01. The second-order valence-corrected chi connectivity index (χ2v) is 3.36. The van der Waals surface area contributed by atoms with Gasteiger partial charge in [-0.3, -0.25) is 4.98 Å². The minimum Gasteiger partial charge on any atom is -0.357 e. The van der Waals surface area contributed by atoms with Crippen LogP contribution >= 0.6 is 11.6 Å². The first kappa shape index (κ1) is 8.53. The molecule has 2 aromatic heterocycles. The van der Waals surface area contributed by atoms with Crippen molar-refractivity contribution in [1.82, 2.24) is 9.97 Å². The molecule has 0 fully saturated rings. The van der Waals surface area contributed by atoms with Crippen LogP contribution in [0.5, 0.6) is 0 Å². The Morgan fingerprint density at radius 2 is 2.31 bits per heavy atom. The molecule has 0 spiro atoms. The number of hydrogen-bond donors (Lipinski definition) is 2. The molecule has 0 saturated carbocycles. The third-order valence-electron chi connectivity index (χ3n) is 1.90. The number of aromatic nitrogens is 2. The maximum Gasteiger partial charge on any atom is 0.0882 e. The number of aromatic amines is 1. The van der Waals surface area contributed by atoms with Gasteiger partial charge in [0.25, 0.3) is 0 Å². The molecule has 0 bridgehead atoms. The van der Waals surface area contributed by atoms with E-state index >= 15 is 0 Å². The van der Waals surface area contributed by atoms with Crippen LogP contribution in [0, 0.1) is 0 Å². The summed E-state index contributed by atoms with van der Waals surface area (Å²) in [7, 11) is 0. The largest absolute Gasteiger partial charge is 0.357 e. The maximum absolute atomic E-state index is 5.80. The smallest absolute Gasteiger partial charge is 0.0882 e. The van der Waals surface area contributed by atoms with Gasteiger partial charge in [0.1, 0.15) is 0 Å². The molecule has 2 heterocycles. The fourth-order valence-corrected chi connectivity index (χ4v) is 1.49. The van der Waals surface area contributed by atoms with Crippen molar-refractivity contribution in [3.8, 4) is 0 Å². The number of nitrogens with zero attached hydrogens (tertiary/aromatic N) is 1. The normalized spacial score (nSPS) is 10.9. The summed E-state index contributed by atoms with van der Waals surface area (Å²) in [5, 5.41) is 0.647. The van der Waals surface area contributed by atoms with E-state index in [-0.39, 0.29) is 0 Å². The zero-order valence-electron chi connectivity index (χ0n) is 7.05. The van der Waals surface area contributed by atoms with Crippen molar-refractivity contribution >= 4 is 22.6 Å². The van der Waals surface area contributed by atoms with Crippen molar-refractivity contribution < 1.29 is 0 Å². The quantitative estimate of drug-likeness (QED) is 0.767. The highest BCUT2D eigenvalue weighted by Crippen LogP contribution is 2.17. The molecule has 0 aliphatic carbocycles. The zero-order chi connectivity index (χ0) is 9.26. The van der Waals surface area contributed by atoms with E-state index in [0.29, 0.717) is 11.6 Å². The number of rotatable bonds is 2. The number of nitrogens with one attached hydrogen (secondary N) is 1. The van der Waals surface area contributed by atoms with Crippen LogP contribution in [-0.2, 0) is 6.42 Å². The summed E-state index contributed by atoms with van der Waals surface area (Å²) in [5.74, 6) is 0. The van der Waals surface area contributed by atoms with Crippen molar-refractivity contribution in [1.29, 1.82) is 0 Å². The number of pyridine rings is 1. The number of nitrogens with two attached hydrogens (primary N) is 1. The van der Waals surface area contributed by atoms with E-state index in [0.717, 1.165) is 23.1 Å². The van der Waals surface area contributed by atoms with Gasteiger partial charge in [0.05, 0.1) is 16.1 Å². The molecule has 68 valence electrons. The van der Waals surface area contributed by atoms with Gasteiger partial charge in [0.2, 0.25) is 0 Å². The summed E-state index contributed by atoms with van der Waals surface area (Å²) in [5.41, 5.74) is 8.46. The second-order valence-electron chi connectivity index (χ2n) is 2.92. The third-order valence-corrected chi connectivity index (χ3v) is 2.11. The van der Waals surface area contributed by atoms with Crippen LogP contribution < -0.4 is 5.73 Å². The Hall–Kier alpha value is -1.06. The van der Waals surface area contributed by atoms with Crippen molar-refractivity contribution in [3.05, 3.63) is 29.0 Å². The summed E-state index contributed by atoms with van der Waals surface area (Å²) in [6, 6.07) is 3.86. The monoisotopic (exact) mass is 195 g/mol. The molecule has 2 rings (SSSR count). The first-order valence-corrected chi connectivity index (χ1v) is 4.50. The van der Waals surface area contributed by atoms with E-state index in [4.69, 9.17) is 17.3 Å². The highest BCUT2D eigenvalue weighted by atomic mass is 35.5. The van der Waals surface area contributed by atoms with Gasteiger partial charge >= 0.3 is 0 Å². The van der Waals surface area contributed by atoms with Crippen LogP contribution in [0.2, 0.25) is 5.02 Å². The van der Waals surface area contributed by atoms with Crippen molar-refractivity contribution in [2.24, 2.45) is 5.73 Å². The molecule has 0 saturated heterocycles. The van der Waals surface area contributed by atoms with Crippen LogP contribution in [0.1, 0.15) is 5.69 Å². The minimum absolute atomic E-state index is 0.639. The number of fused-ring (bicyclic) bond motifs is 1. The summed E-state index contributed by atoms with van der Waals surface area (Å²) in [6.45, 7) is 0.639. The molecule has 0 amide bonds. The Labute approximate surface area is 80.9 Å². The van der Waals surface area contributed by atoms with Gasteiger partial charge in [0.15, 0.2) is 0 Å². The third kappa shape index (κ3) is 1.66. The molecule has 0 aliphatic heterocycles. The van der Waals surface area contributed by atoms with Gasteiger partial charge < -0.3 is 10.7 Å². The van der Waals surface area contributed by atoms with E-state index in [1.807, 2.05) is 12.1 Å². The topological polar surface area (TPSA) is 54.7 Å². The summed E-state index contributed by atoms with van der Waals surface area (Å²) in [6.07, 6.45) is 2.48. The Balaban J connectivity index is 2.49. The van der Waals surface area contributed by atoms with Gasteiger partial charge in [-0.1, -0.05) is 11.6 Å². The van der Waals surface area contributed by atoms with E-state index in [9.17, 15) is 0 Å². The zero-order valence-corrected chi connectivity index (χ0v) is 7.80. The van der Waals surface area contributed by atoms with Crippen molar-refractivity contribution in [3.63, 3.8) is 0 Å². The second kappa shape index (κ2) is 3.36. The van der Waals surface area contributed by atoms with Crippen LogP contribution in [0.25, 0.3) is 11.0 Å². The lowest BCUT2D eigenvalue weighted by Gasteiger charge is -1.90. The van der Waals surface area contributed by atoms with E-state index < -0.39 is 0 Å². The fourth-order valence-electron chi connectivity index (χ4n) is 1.33. The molecule has 3 nitrogen and oxygen atoms in total.